The monoisotopic (exact) mass is 290 g/mol. The summed E-state index contributed by atoms with van der Waals surface area (Å²) in [6.45, 7) is 0. The minimum Gasteiger partial charge on any atom is -0.502 e. The predicted octanol–water partition coefficient (Wildman–Crippen LogP) is 3.96. The number of hydrogen-bond acceptors (Lipinski definition) is 3. The van der Waals surface area contributed by atoms with Gasteiger partial charge in [0.2, 0.25) is 11.2 Å². The predicted molar refractivity (Wildman–Crippen MR) is 74.6 cm³/mol. The maximum atomic E-state index is 14.0. The van der Waals surface area contributed by atoms with E-state index in [9.17, 15) is 14.3 Å². The molecule has 0 atom stereocenters. The normalized spacial score (nSPS) is 10.9. The molecule has 0 amide bonds. The zero-order chi connectivity index (χ0) is 14.3. The summed E-state index contributed by atoms with van der Waals surface area (Å²) in [6, 6.07) is 10.7. The van der Waals surface area contributed by atoms with Gasteiger partial charge in [-0.25, -0.2) is 4.39 Å². The number of benzene rings is 2. The topological polar surface area (TPSA) is 50.4 Å². The van der Waals surface area contributed by atoms with Crippen LogP contribution in [-0.4, -0.2) is 5.11 Å². The lowest BCUT2D eigenvalue weighted by atomic mass is 10.1. The standard InChI is InChI=1S/C15H8ClFO3/c16-10-6-3-5-9(12(10)17)15-14(19)13(18)8-4-1-2-7-11(8)20-15/h1-7,19H. The molecule has 0 aliphatic rings. The van der Waals surface area contributed by atoms with E-state index in [1.54, 1.807) is 18.2 Å². The Kier molecular flexibility index (Phi) is 2.95. The van der Waals surface area contributed by atoms with Crippen LogP contribution in [0.25, 0.3) is 22.3 Å². The highest BCUT2D eigenvalue weighted by molar-refractivity contribution is 6.31. The van der Waals surface area contributed by atoms with Crippen LogP contribution in [0, 0.1) is 5.82 Å². The fourth-order valence-corrected chi connectivity index (χ4v) is 2.17. The Bertz CT molecular complexity index is 871. The van der Waals surface area contributed by atoms with Crippen molar-refractivity contribution in [2.45, 2.75) is 0 Å². The molecule has 0 fully saturated rings. The van der Waals surface area contributed by atoms with Crippen molar-refractivity contribution in [2.75, 3.05) is 0 Å². The zero-order valence-electron chi connectivity index (χ0n) is 10.1. The smallest absolute Gasteiger partial charge is 0.235 e. The Hall–Kier alpha value is -2.33. The Morgan fingerprint density at radius 3 is 2.65 bits per heavy atom. The lowest BCUT2D eigenvalue weighted by Gasteiger charge is -2.07. The van der Waals surface area contributed by atoms with Crippen molar-refractivity contribution in [2.24, 2.45) is 0 Å². The molecule has 20 heavy (non-hydrogen) atoms. The zero-order valence-corrected chi connectivity index (χ0v) is 10.8. The van der Waals surface area contributed by atoms with Crippen LogP contribution in [0.3, 0.4) is 0 Å². The highest BCUT2D eigenvalue weighted by Gasteiger charge is 2.19. The minimum absolute atomic E-state index is 0.0575. The molecule has 1 aromatic heterocycles. The number of fused-ring (bicyclic) bond motifs is 1. The third-order valence-electron chi connectivity index (χ3n) is 2.97. The molecule has 0 radical (unpaired) electrons. The van der Waals surface area contributed by atoms with Crippen LogP contribution in [0.2, 0.25) is 5.02 Å². The van der Waals surface area contributed by atoms with Crippen LogP contribution >= 0.6 is 11.6 Å². The van der Waals surface area contributed by atoms with Gasteiger partial charge in [0.05, 0.1) is 16.0 Å². The van der Waals surface area contributed by atoms with Crippen molar-refractivity contribution in [1.82, 2.24) is 0 Å². The summed E-state index contributed by atoms with van der Waals surface area (Å²) < 4.78 is 19.4. The molecule has 3 aromatic rings. The van der Waals surface area contributed by atoms with E-state index in [2.05, 4.69) is 0 Å². The first kappa shape index (κ1) is 12.7. The van der Waals surface area contributed by atoms with E-state index in [0.29, 0.717) is 0 Å². The molecule has 0 spiro atoms. The molecule has 3 nitrogen and oxygen atoms in total. The third kappa shape index (κ3) is 1.85. The minimum atomic E-state index is -0.747. The Balaban J connectivity index is 2.40. The van der Waals surface area contributed by atoms with Gasteiger partial charge in [-0.05, 0) is 24.3 Å². The van der Waals surface area contributed by atoms with Gasteiger partial charge in [-0.1, -0.05) is 29.8 Å². The average Bonchev–Trinajstić information content (AvgIpc) is 2.46. The van der Waals surface area contributed by atoms with Crippen LogP contribution in [0.4, 0.5) is 4.39 Å². The SMILES string of the molecule is O=c1c(O)c(-c2cccc(Cl)c2F)oc2ccccc12. The van der Waals surface area contributed by atoms with Gasteiger partial charge in [0.15, 0.2) is 11.6 Å². The summed E-state index contributed by atoms with van der Waals surface area (Å²) in [5, 5.41) is 10.1. The molecular formula is C15H8ClFO3. The maximum Gasteiger partial charge on any atom is 0.235 e. The second-order valence-corrected chi connectivity index (χ2v) is 4.61. The van der Waals surface area contributed by atoms with Gasteiger partial charge >= 0.3 is 0 Å². The molecule has 0 unspecified atom stereocenters. The summed E-state index contributed by atoms with van der Waals surface area (Å²) in [5.41, 5.74) is -0.399. The van der Waals surface area contributed by atoms with Crippen LogP contribution in [0.1, 0.15) is 0 Å². The number of rotatable bonds is 1. The Labute approximate surface area is 117 Å². The number of para-hydroxylation sites is 1. The number of halogens is 2. The number of hydrogen-bond donors (Lipinski definition) is 1. The molecular weight excluding hydrogens is 283 g/mol. The van der Waals surface area contributed by atoms with Crippen molar-refractivity contribution >= 4 is 22.6 Å². The molecule has 0 bridgehead atoms. The van der Waals surface area contributed by atoms with Gasteiger partial charge < -0.3 is 9.52 Å². The third-order valence-corrected chi connectivity index (χ3v) is 3.26. The molecule has 100 valence electrons. The molecule has 0 aliphatic carbocycles. The average molecular weight is 291 g/mol. The largest absolute Gasteiger partial charge is 0.502 e. The summed E-state index contributed by atoms with van der Waals surface area (Å²) in [4.78, 5) is 12.1. The van der Waals surface area contributed by atoms with E-state index in [1.165, 1.54) is 24.3 Å². The second kappa shape index (κ2) is 4.65. The van der Waals surface area contributed by atoms with Crippen LogP contribution in [-0.2, 0) is 0 Å². The van der Waals surface area contributed by atoms with Gasteiger partial charge in [0.25, 0.3) is 0 Å². The Morgan fingerprint density at radius 2 is 1.85 bits per heavy atom. The van der Waals surface area contributed by atoms with Crippen LogP contribution in [0.15, 0.2) is 51.7 Å². The quantitative estimate of drug-likeness (QED) is 0.738. The van der Waals surface area contributed by atoms with E-state index < -0.39 is 17.0 Å². The van der Waals surface area contributed by atoms with E-state index in [1.807, 2.05) is 0 Å². The van der Waals surface area contributed by atoms with Crippen molar-refractivity contribution in [3.63, 3.8) is 0 Å². The van der Waals surface area contributed by atoms with E-state index >= 15 is 0 Å². The fourth-order valence-electron chi connectivity index (χ4n) is 1.99. The molecule has 1 heterocycles. The van der Waals surface area contributed by atoms with Gasteiger partial charge in [-0.3, -0.25) is 4.79 Å². The van der Waals surface area contributed by atoms with Crippen molar-refractivity contribution < 1.29 is 13.9 Å². The lowest BCUT2D eigenvalue weighted by Crippen LogP contribution is -2.03. The molecule has 0 saturated carbocycles. The summed E-state index contributed by atoms with van der Waals surface area (Å²) in [5.74, 6) is -1.61. The van der Waals surface area contributed by atoms with Gasteiger partial charge in [-0.15, -0.1) is 0 Å². The molecule has 2 aromatic carbocycles. The number of aromatic hydroxyl groups is 1. The maximum absolute atomic E-state index is 14.0. The van der Waals surface area contributed by atoms with E-state index in [-0.39, 0.29) is 27.3 Å². The lowest BCUT2D eigenvalue weighted by molar-refractivity contribution is 0.447. The molecule has 5 heteroatoms. The van der Waals surface area contributed by atoms with E-state index in [4.69, 9.17) is 16.0 Å². The van der Waals surface area contributed by atoms with Gasteiger partial charge in [0, 0.05) is 0 Å². The van der Waals surface area contributed by atoms with Crippen molar-refractivity contribution in [1.29, 1.82) is 0 Å². The summed E-state index contributed by atoms with van der Waals surface area (Å²) >= 11 is 5.70. The van der Waals surface area contributed by atoms with Crippen LogP contribution in [0.5, 0.6) is 5.75 Å². The van der Waals surface area contributed by atoms with Gasteiger partial charge in [0.1, 0.15) is 5.58 Å². The molecule has 1 N–H and O–H groups in total. The molecule has 0 aliphatic heterocycles. The van der Waals surface area contributed by atoms with Gasteiger partial charge in [-0.2, -0.15) is 0 Å². The first-order valence-electron chi connectivity index (χ1n) is 5.79. The highest BCUT2D eigenvalue weighted by Crippen LogP contribution is 2.33. The van der Waals surface area contributed by atoms with Crippen molar-refractivity contribution in [3.8, 4) is 17.1 Å². The first-order valence-corrected chi connectivity index (χ1v) is 6.16. The summed E-state index contributed by atoms with van der Waals surface area (Å²) in [7, 11) is 0. The summed E-state index contributed by atoms with van der Waals surface area (Å²) in [6.07, 6.45) is 0. The Morgan fingerprint density at radius 1 is 1.10 bits per heavy atom. The second-order valence-electron chi connectivity index (χ2n) is 4.21. The molecule has 3 rings (SSSR count). The fraction of sp³-hybridized carbons (Fsp3) is 0. The highest BCUT2D eigenvalue weighted by atomic mass is 35.5. The first-order chi connectivity index (χ1) is 9.59. The van der Waals surface area contributed by atoms with Crippen molar-refractivity contribution in [3.05, 3.63) is 63.5 Å². The molecule has 0 saturated heterocycles. The van der Waals surface area contributed by atoms with E-state index in [0.717, 1.165) is 0 Å². The van der Waals surface area contributed by atoms with Crippen LogP contribution < -0.4 is 5.43 Å².